The van der Waals surface area contributed by atoms with Gasteiger partial charge in [0.25, 0.3) is 0 Å². The number of aliphatic hydroxyl groups excluding tert-OH is 1. The second-order valence-corrected chi connectivity index (χ2v) is 8.24. The molecule has 0 aliphatic heterocycles. The maximum absolute atomic E-state index is 12.4. The lowest BCUT2D eigenvalue weighted by Gasteiger charge is -2.11. The Bertz CT molecular complexity index is 1130. The molecule has 9 heteroatoms. The van der Waals surface area contributed by atoms with E-state index in [0.717, 1.165) is 11.6 Å². The van der Waals surface area contributed by atoms with E-state index in [9.17, 15) is 18.3 Å². The lowest BCUT2D eigenvalue weighted by molar-refractivity contribution is 0.213. The molecule has 7 nitrogen and oxygen atoms in total. The highest BCUT2D eigenvalue weighted by Gasteiger charge is 2.17. The maximum Gasteiger partial charge on any atom is 0.240 e. The number of halogens is 1. The lowest BCUT2D eigenvalue weighted by atomic mass is 10.2. The Hall–Kier alpha value is -2.65. The number of hydrogen-bond acceptors (Lipinski definition) is 6. The van der Waals surface area contributed by atoms with Gasteiger partial charge in [-0.1, -0.05) is 41.9 Å². The van der Waals surface area contributed by atoms with Crippen molar-refractivity contribution in [2.75, 3.05) is 0 Å². The van der Waals surface area contributed by atoms with E-state index in [1.807, 2.05) is 30.3 Å². The number of sulfonamides is 1. The highest BCUT2D eigenvalue weighted by atomic mass is 35.5. The third-order valence-electron chi connectivity index (χ3n) is 3.95. The molecule has 0 atom stereocenters. The summed E-state index contributed by atoms with van der Waals surface area (Å²) in [5.41, 5.74) is 0.326. The average Bonchev–Trinajstić information content (AvgIpc) is 2.72. The predicted octanol–water partition coefficient (Wildman–Crippen LogP) is 2.84. The topological polar surface area (TPSA) is 106 Å². The van der Waals surface area contributed by atoms with Crippen molar-refractivity contribution in [2.45, 2.75) is 24.7 Å². The van der Waals surface area contributed by atoms with Gasteiger partial charge in [-0.2, -0.15) is 0 Å². The first-order valence-electron chi connectivity index (χ1n) is 8.58. The fraction of sp³-hybridized carbons (Fsp3) is 0.150. The molecular weight excluding hydrogens is 418 g/mol. The van der Waals surface area contributed by atoms with Gasteiger partial charge in [0.2, 0.25) is 21.2 Å². The van der Waals surface area contributed by atoms with Gasteiger partial charge >= 0.3 is 0 Å². The molecule has 3 aromatic rings. The summed E-state index contributed by atoms with van der Waals surface area (Å²) in [6.07, 6.45) is 0. The monoisotopic (exact) mass is 435 g/mol. The Labute approximate surface area is 172 Å². The van der Waals surface area contributed by atoms with Crippen molar-refractivity contribution in [1.29, 1.82) is 0 Å². The van der Waals surface area contributed by atoms with Gasteiger partial charge in [-0.3, -0.25) is 4.79 Å². The van der Waals surface area contributed by atoms with E-state index in [-0.39, 0.29) is 35.3 Å². The Kier molecular flexibility index (Phi) is 6.71. The molecular formula is C20H18ClNO6S. The van der Waals surface area contributed by atoms with Crippen molar-refractivity contribution in [3.8, 4) is 5.75 Å². The van der Waals surface area contributed by atoms with E-state index >= 15 is 0 Å². The quantitative estimate of drug-likeness (QED) is 0.563. The summed E-state index contributed by atoms with van der Waals surface area (Å²) >= 11 is 5.76. The highest BCUT2D eigenvalue weighted by Crippen LogP contribution is 2.18. The van der Waals surface area contributed by atoms with E-state index in [1.54, 1.807) is 0 Å². The molecule has 0 aliphatic carbocycles. The maximum atomic E-state index is 12.4. The predicted molar refractivity (Wildman–Crippen MR) is 107 cm³/mol. The number of rotatable bonds is 8. The minimum atomic E-state index is -3.83. The smallest absolute Gasteiger partial charge is 0.240 e. The molecule has 0 amide bonds. The zero-order valence-electron chi connectivity index (χ0n) is 15.2. The van der Waals surface area contributed by atoms with Crippen LogP contribution in [0.5, 0.6) is 5.75 Å². The third kappa shape index (κ3) is 5.45. The van der Waals surface area contributed by atoms with E-state index in [2.05, 4.69) is 4.72 Å². The van der Waals surface area contributed by atoms with Crippen molar-refractivity contribution in [2.24, 2.45) is 0 Å². The van der Waals surface area contributed by atoms with Gasteiger partial charge in [0.05, 0.1) is 11.4 Å². The number of benzene rings is 2. The second kappa shape index (κ2) is 9.23. The van der Waals surface area contributed by atoms with Crippen LogP contribution in [0.25, 0.3) is 0 Å². The van der Waals surface area contributed by atoms with Crippen LogP contribution < -0.4 is 14.9 Å². The van der Waals surface area contributed by atoms with Crippen molar-refractivity contribution < 1.29 is 22.7 Å². The van der Waals surface area contributed by atoms with Crippen molar-refractivity contribution in [1.82, 2.24) is 4.72 Å². The van der Waals surface area contributed by atoms with Crippen molar-refractivity contribution in [3.05, 3.63) is 93.0 Å². The molecule has 0 aliphatic rings. The van der Waals surface area contributed by atoms with E-state index < -0.39 is 22.1 Å². The molecule has 0 saturated heterocycles. The normalized spacial score (nSPS) is 11.4. The molecule has 0 fully saturated rings. The Morgan fingerprint density at radius 1 is 1.07 bits per heavy atom. The molecule has 3 rings (SSSR count). The van der Waals surface area contributed by atoms with Crippen LogP contribution in [-0.2, 0) is 29.8 Å². The Morgan fingerprint density at radius 3 is 2.41 bits per heavy atom. The summed E-state index contributed by atoms with van der Waals surface area (Å²) in [4.78, 5) is 12.4. The van der Waals surface area contributed by atoms with E-state index in [1.165, 1.54) is 24.3 Å². The van der Waals surface area contributed by atoms with Gasteiger partial charge in [-0.15, -0.1) is 0 Å². The fourth-order valence-corrected chi connectivity index (χ4v) is 3.64. The van der Waals surface area contributed by atoms with Crippen molar-refractivity contribution in [3.63, 3.8) is 0 Å². The van der Waals surface area contributed by atoms with Crippen LogP contribution in [0.2, 0.25) is 5.02 Å². The molecule has 0 bridgehead atoms. The third-order valence-corrected chi connectivity index (χ3v) is 5.62. The minimum Gasteiger partial charge on any atom is -0.482 e. The molecule has 0 spiro atoms. The van der Waals surface area contributed by atoms with Crippen LogP contribution in [0, 0.1) is 0 Å². The molecule has 0 radical (unpaired) electrons. The molecule has 0 saturated carbocycles. The van der Waals surface area contributed by atoms with Gasteiger partial charge in [0.1, 0.15) is 19.0 Å². The first-order valence-corrected chi connectivity index (χ1v) is 10.4. The SMILES string of the molecule is O=c1cc(CNS(=O)(=O)c2ccc(Cl)cc2)oc(CO)c1OCc1ccccc1. The summed E-state index contributed by atoms with van der Waals surface area (Å²) in [5.74, 6) is -0.140. The Balaban J connectivity index is 1.74. The second-order valence-electron chi connectivity index (χ2n) is 6.04. The Morgan fingerprint density at radius 2 is 1.76 bits per heavy atom. The molecule has 0 unspecified atom stereocenters. The van der Waals surface area contributed by atoms with Crippen LogP contribution >= 0.6 is 11.6 Å². The number of ether oxygens (including phenoxy) is 1. The molecule has 2 aromatic carbocycles. The number of aliphatic hydroxyl groups is 1. The standard InChI is InChI=1S/C20H18ClNO6S/c21-15-6-8-17(9-7-15)29(25,26)22-11-16-10-18(24)20(19(12-23)28-16)27-13-14-4-2-1-3-5-14/h1-10,22-23H,11-13H2. The average molecular weight is 436 g/mol. The van der Waals surface area contributed by atoms with E-state index in [0.29, 0.717) is 5.02 Å². The molecule has 1 aromatic heterocycles. The zero-order valence-corrected chi connectivity index (χ0v) is 16.7. The molecule has 152 valence electrons. The number of nitrogens with one attached hydrogen (secondary N) is 1. The van der Waals surface area contributed by atoms with Gasteiger partial charge in [-0.25, -0.2) is 13.1 Å². The van der Waals surface area contributed by atoms with Gasteiger partial charge < -0.3 is 14.3 Å². The first kappa shape index (κ1) is 21.1. The summed E-state index contributed by atoms with van der Waals surface area (Å²) in [6.45, 7) is -0.718. The van der Waals surface area contributed by atoms with Crippen LogP contribution in [-0.4, -0.2) is 13.5 Å². The largest absolute Gasteiger partial charge is 0.482 e. The summed E-state index contributed by atoms with van der Waals surface area (Å²) in [6, 6.07) is 16.0. The zero-order chi connectivity index (χ0) is 20.9. The van der Waals surface area contributed by atoms with Crippen LogP contribution in [0.4, 0.5) is 0 Å². The van der Waals surface area contributed by atoms with Gasteiger partial charge in [0, 0.05) is 11.1 Å². The summed E-state index contributed by atoms with van der Waals surface area (Å²) < 4.78 is 38.0. The van der Waals surface area contributed by atoms with Gasteiger partial charge in [0.15, 0.2) is 5.76 Å². The van der Waals surface area contributed by atoms with Gasteiger partial charge in [-0.05, 0) is 29.8 Å². The van der Waals surface area contributed by atoms with Crippen LogP contribution in [0.15, 0.2) is 74.8 Å². The summed E-state index contributed by atoms with van der Waals surface area (Å²) in [7, 11) is -3.83. The van der Waals surface area contributed by atoms with Crippen LogP contribution in [0.3, 0.4) is 0 Å². The van der Waals surface area contributed by atoms with Crippen molar-refractivity contribution >= 4 is 21.6 Å². The minimum absolute atomic E-state index is 0.0226. The molecule has 29 heavy (non-hydrogen) atoms. The lowest BCUT2D eigenvalue weighted by Crippen LogP contribution is -2.24. The first-order chi connectivity index (χ1) is 13.9. The molecule has 1 heterocycles. The summed E-state index contributed by atoms with van der Waals surface area (Å²) in [5, 5.41) is 9.94. The number of hydrogen-bond donors (Lipinski definition) is 2. The highest BCUT2D eigenvalue weighted by molar-refractivity contribution is 7.89. The van der Waals surface area contributed by atoms with Crippen LogP contribution in [0.1, 0.15) is 17.1 Å². The molecule has 2 N–H and O–H groups in total. The van der Waals surface area contributed by atoms with E-state index in [4.69, 9.17) is 20.8 Å². The fourth-order valence-electron chi connectivity index (χ4n) is 2.52.